The highest BCUT2D eigenvalue weighted by atomic mass is 32.2. The minimum absolute atomic E-state index is 0.108. The predicted molar refractivity (Wildman–Crippen MR) is 77.6 cm³/mol. The zero-order chi connectivity index (χ0) is 14.8. The van der Waals surface area contributed by atoms with Crippen LogP contribution < -0.4 is 10.6 Å². The van der Waals surface area contributed by atoms with Crippen molar-refractivity contribution in [2.45, 2.75) is 50.0 Å². The second kappa shape index (κ2) is 5.81. The summed E-state index contributed by atoms with van der Waals surface area (Å²) in [6.07, 6.45) is 4.29. The standard InChI is InChI=1S/C14H22N2O3S/c1-14(2,10-19-15)16-20(17,18)13-8-7-11-5-3-4-6-12(11)9-13/h7-9,16H,3-6,10,15H2,1-2H3. The van der Waals surface area contributed by atoms with E-state index in [1.807, 2.05) is 6.07 Å². The van der Waals surface area contributed by atoms with Crippen molar-refractivity contribution in [3.8, 4) is 0 Å². The molecule has 3 N–H and O–H groups in total. The molecule has 0 fully saturated rings. The maximum Gasteiger partial charge on any atom is 0.241 e. The minimum atomic E-state index is -3.56. The quantitative estimate of drug-likeness (QED) is 0.807. The normalized spacial score (nSPS) is 15.9. The van der Waals surface area contributed by atoms with E-state index in [2.05, 4.69) is 9.56 Å². The van der Waals surface area contributed by atoms with Gasteiger partial charge in [0.15, 0.2) is 0 Å². The summed E-state index contributed by atoms with van der Waals surface area (Å²) in [7, 11) is -3.56. The molecule has 0 aliphatic heterocycles. The summed E-state index contributed by atoms with van der Waals surface area (Å²) in [5.74, 6) is 5.03. The predicted octanol–water partition coefficient (Wildman–Crippen LogP) is 1.51. The van der Waals surface area contributed by atoms with Crippen molar-refractivity contribution in [2.75, 3.05) is 6.61 Å². The Bertz CT molecular complexity index is 582. The minimum Gasteiger partial charge on any atom is -0.303 e. The Balaban J connectivity index is 2.26. The SMILES string of the molecule is CC(C)(CON)NS(=O)(=O)c1ccc2c(c1)CCCC2. The highest BCUT2D eigenvalue weighted by Gasteiger charge is 2.27. The number of aryl methyl sites for hydroxylation is 2. The van der Waals surface area contributed by atoms with Crippen LogP contribution >= 0.6 is 0 Å². The first-order valence-corrected chi connectivity index (χ1v) is 8.30. The number of nitrogens with two attached hydrogens (primary N) is 1. The van der Waals surface area contributed by atoms with E-state index in [0.717, 1.165) is 24.8 Å². The molecule has 0 radical (unpaired) electrons. The molecule has 1 aromatic carbocycles. The molecule has 1 aliphatic carbocycles. The molecule has 0 aromatic heterocycles. The van der Waals surface area contributed by atoms with E-state index < -0.39 is 15.6 Å². The highest BCUT2D eigenvalue weighted by molar-refractivity contribution is 7.89. The zero-order valence-corrected chi connectivity index (χ0v) is 12.8. The first-order chi connectivity index (χ1) is 9.34. The molecule has 1 aliphatic rings. The van der Waals surface area contributed by atoms with Crippen LogP contribution in [0, 0.1) is 0 Å². The Morgan fingerprint density at radius 3 is 2.55 bits per heavy atom. The van der Waals surface area contributed by atoms with Crippen LogP contribution in [-0.4, -0.2) is 20.6 Å². The van der Waals surface area contributed by atoms with Crippen LogP contribution in [-0.2, 0) is 27.7 Å². The average molecular weight is 298 g/mol. The van der Waals surface area contributed by atoms with E-state index in [1.54, 1.807) is 26.0 Å². The molecular formula is C14H22N2O3S. The molecule has 20 heavy (non-hydrogen) atoms. The molecule has 6 heteroatoms. The second-order valence-corrected chi connectivity index (χ2v) is 7.62. The average Bonchev–Trinajstić information content (AvgIpc) is 2.36. The lowest BCUT2D eigenvalue weighted by Crippen LogP contribution is -2.47. The Kier molecular flexibility index (Phi) is 4.49. The molecule has 0 atom stereocenters. The van der Waals surface area contributed by atoms with Gasteiger partial charge in [0.1, 0.15) is 0 Å². The van der Waals surface area contributed by atoms with Crippen molar-refractivity contribution in [3.05, 3.63) is 29.3 Å². The van der Waals surface area contributed by atoms with Crippen LogP contribution in [0.4, 0.5) is 0 Å². The molecule has 0 saturated heterocycles. The fourth-order valence-corrected chi connectivity index (χ4v) is 3.99. The van der Waals surface area contributed by atoms with E-state index in [0.29, 0.717) is 4.90 Å². The van der Waals surface area contributed by atoms with Gasteiger partial charge in [-0.05, 0) is 62.8 Å². The van der Waals surface area contributed by atoms with E-state index in [1.165, 1.54) is 12.0 Å². The fourth-order valence-electron chi connectivity index (χ4n) is 2.54. The Hall–Kier alpha value is -0.950. The third kappa shape index (κ3) is 3.58. The smallest absolute Gasteiger partial charge is 0.241 e. The van der Waals surface area contributed by atoms with E-state index in [-0.39, 0.29) is 6.61 Å². The molecule has 0 bridgehead atoms. The Labute approximate surface area is 120 Å². The largest absolute Gasteiger partial charge is 0.303 e. The summed E-state index contributed by atoms with van der Waals surface area (Å²) in [6.45, 7) is 3.57. The van der Waals surface area contributed by atoms with Crippen LogP contribution in [0.3, 0.4) is 0 Å². The van der Waals surface area contributed by atoms with Gasteiger partial charge in [-0.2, -0.15) is 0 Å². The van der Waals surface area contributed by atoms with Gasteiger partial charge in [-0.3, -0.25) is 0 Å². The lowest BCUT2D eigenvalue weighted by Gasteiger charge is -2.25. The van der Waals surface area contributed by atoms with Gasteiger partial charge in [-0.25, -0.2) is 19.0 Å². The summed E-state index contributed by atoms with van der Waals surface area (Å²) in [5, 5.41) is 0. The van der Waals surface area contributed by atoms with Crippen molar-refractivity contribution in [1.29, 1.82) is 0 Å². The van der Waals surface area contributed by atoms with Crippen LogP contribution in [0.5, 0.6) is 0 Å². The maximum atomic E-state index is 12.4. The molecule has 0 amide bonds. The molecule has 5 nitrogen and oxygen atoms in total. The van der Waals surface area contributed by atoms with Crippen LogP contribution in [0.2, 0.25) is 0 Å². The summed E-state index contributed by atoms with van der Waals surface area (Å²) >= 11 is 0. The summed E-state index contributed by atoms with van der Waals surface area (Å²) in [5.41, 5.74) is 1.66. The number of hydrogen-bond donors (Lipinski definition) is 2. The van der Waals surface area contributed by atoms with Crippen LogP contribution in [0.15, 0.2) is 23.1 Å². The van der Waals surface area contributed by atoms with Gasteiger partial charge in [0.2, 0.25) is 10.0 Å². The first-order valence-electron chi connectivity index (χ1n) is 6.81. The van der Waals surface area contributed by atoms with Crippen molar-refractivity contribution >= 4 is 10.0 Å². The third-order valence-electron chi connectivity index (χ3n) is 3.49. The van der Waals surface area contributed by atoms with Crippen LogP contribution in [0.1, 0.15) is 37.8 Å². The van der Waals surface area contributed by atoms with E-state index in [4.69, 9.17) is 5.90 Å². The maximum absolute atomic E-state index is 12.4. The molecule has 0 saturated carbocycles. The Morgan fingerprint density at radius 1 is 1.25 bits per heavy atom. The molecular weight excluding hydrogens is 276 g/mol. The second-order valence-electron chi connectivity index (χ2n) is 5.94. The van der Waals surface area contributed by atoms with Gasteiger partial charge in [-0.15, -0.1) is 0 Å². The number of fused-ring (bicyclic) bond motifs is 1. The van der Waals surface area contributed by atoms with Crippen molar-refractivity contribution in [1.82, 2.24) is 4.72 Å². The van der Waals surface area contributed by atoms with Crippen molar-refractivity contribution < 1.29 is 13.3 Å². The molecule has 0 heterocycles. The molecule has 1 aromatic rings. The molecule has 112 valence electrons. The number of benzene rings is 1. The number of rotatable bonds is 5. The third-order valence-corrected chi connectivity index (χ3v) is 5.18. The lowest BCUT2D eigenvalue weighted by atomic mass is 9.92. The molecule has 0 unspecified atom stereocenters. The van der Waals surface area contributed by atoms with Crippen molar-refractivity contribution in [3.63, 3.8) is 0 Å². The van der Waals surface area contributed by atoms with Crippen molar-refractivity contribution in [2.24, 2.45) is 5.90 Å². The lowest BCUT2D eigenvalue weighted by molar-refractivity contribution is 0.0929. The van der Waals surface area contributed by atoms with Gasteiger partial charge in [-0.1, -0.05) is 6.07 Å². The molecule has 0 spiro atoms. The highest BCUT2D eigenvalue weighted by Crippen LogP contribution is 2.24. The van der Waals surface area contributed by atoms with Crippen LogP contribution in [0.25, 0.3) is 0 Å². The van der Waals surface area contributed by atoms with Gasteiger partial charge in [0.25, 0.3) is 0 Å². The topological polar surface area (TPSA) is 81.4 Å². The number of hydrogen-bond acceptors (Lipinski definition) is 4. The fraction of sp³-hybridized carbons (Fsp3) is 0.571. The van der Waals surface area contributed by atoms with Gasteiger partial charge in [0.05, 0.1) is 17.0 Å². The summed E-state index contributed by atoms with van der Waals surface area (Å²) in [6, 6.07) is 5.39. The summed E-state index contributed by atoms with van der Waals surface area (Å²) < 4.78 is 27.4. The van der Waals surface area contributed by atoms with Gasteiger partial charge < -0.3 is 4.84 Å². The first kappa shape index (κ1) is 15.4. The number of sulfonamides is 1. The zero-order valence-electron chi connectivity index (χ0n) is 12.0. The van der Waals surface area contributed by atoms with E-state index in [9.17, 15) is 8.42 Å². The van der Waals surface area contributed by atoms with Gasteiger partial charge >= 0.3 is 0 Å². The monoisotopic (exact) mass is 298 g/mol. The number of nitrogens with one attached hydrogen (secondary N) is 1. The van der Waals surface area contributed by atoms with Gasteiger partial charge in [0, 0.05) is 0 Å². The Morgan fingerprint density at radius 2 is 1.90 bits per heavy atom. The molecule has 2 rings (SSSR count). The van der Waals surface area contributed by atoms with E-state index >= 15 is 0 Å². The summed E-state index contributed by atoms with van der Waals surface area (Å²) in [4.78, 5) is 4.86.